The molecule has 0 aliphatic carbocycles. The average molecular weight is 402 g/mol. The van der Waals surface area contributed by atoms with Crippen LogP contribution in [0, 0.1) is 5.92 Å². The summed E-state index contributed by atoms with van der Waals surface area (Å²) in [6.07, 6.45) is 0. The van der Waals surface area contributed by atoms with Crippen molar-refractivity contribution in [3.8, 4) is 11.1 Å². The number of nitrogens with one attached hydrogen (secondary N) is 2. The Bertz CT molecular complexity index is 980. The molecule has 3 aromatic rings. The van der Waals surface area contributed by atoms with E-state index in [9.17, 15) is 9.59 Å². The van der Waals surface area contributed by atoms with Gasteiger partial charge in [0, 0.05) is 17.0 Å². The first-order valence-electron chi connectivity index (χ1n) is 8.88. The van der Waals surface area contributed by atoms with Crippen molar-refractivity contribution in [1.29, 1.82) is 0 Å². The Labute approximate surface area is 166 Å². The monoisotopic (exact) mass is 401 g/mol. The third-order valence-corrected chi connectivity index (χ3v) is 6.25. The molecule has 142 valence electrons. The van der Waals surface area contributed by atoms with Crippen molar-refractivity contribution in [2.24, 2.45) is 5.92 Å². The number of rotatable bonds is 7. The van der Waals surface area contributed by atoms with Crippen LogP contribution in [0.4, 0.5) is 0 Å². The van der Waals surface area contributed by atoms with Gasteiger partial charge in [-0.25, -0.2) is 4.98 Å². The third kappa shape index (κ3) is 4.78. The molecule has 0 aliphatic rings. The van der Waals surface area contributed by atoms with Crippen molar-refractivity contribution < 1.29 is 4.79 Å². The van der Waals surface area contributed by atoms with Crippen molar-refractivity contribution in [3.63, 3.8) is 0 Å². The number of hydrogen-bond donors (Lipinski definition) is 2. The predicted octanol–water partition coefficient (Wildman–Crippen LogP) is 4.05. The predicted molar refractivity (Wildman–Crippen MR) is 114 cm³/mol. The fourth-order valence-corrected chi connectivity index (χ4v) is 4.26. The van der Waals surface area contributed by atoms with Crippen LogP contribution < -0.4 is 10.9 Å². The SMILES string of the molecule is CC(C)[C@H](C)NC(=O)CSCc1nc2scc(-c3ccccc3)c2c(=O)[nH]1. The van der Waals surface area contributed by atoms with E-state index in [0.29, 0.717) is 28.6 Å². The number of carbonyl (C=O) groups is 1. The highest BCUT2D eigenvalue weighted by molar-refractivity contribution is 7.99. The second-order valence-electron chi connectivity index (χ2n) is 6.80. The van der Waals surface area contributed by atoms with E-state index in [-0.39, 0.29) is 17.5 Å². The van der Waals surface area contributed by atoms with E-state index in [4.69, 9.17) is 0 Å². The summed E-state index contributed by atoms with van der Waals surface area (Å²) in [5.74, 6) is 1.85. The van der Waals surface area contributed by atoms with Crippen LogP contribution in [0.5, 0.6) is 0 Å². The van der Waals surface area contributed by atoms with Crippen molar-refractivity contribution in [2.45, 2.75) is 32.6 Å². The summed E-state index contributed by atoms with van der Waals surface area (Å²) >= 11 is 2.92. The number of aromatic amines is 1. The Hall–Kier alpha value is -2.12. The molecule has 5 nitrogen and oxygen atoms in total. The second-order valence-corrected chi connectivity index (χ2v) is 8.64. The van der Waals surface area contributed by atoms with E-state index < -0.39 is 0 Å². The zero-order valence-corrected chi connectivity index (χ0v) is 17.2. The molecule has 0 fully saturated rings. The number of thioether (sulfide) groups is 1. The molecule has 0 saturated carbocycles. The minimum absolute atomic E-state index is 0.00659. The zero-order chi connectivity index (χ0) is 19.4. The van der Waals surface area contributed by atoms with E-state index in [2.05, 4.69) is 29.1 Å². The van der Waals surface area contributed by atoms with Gasteiger partial charge in [0.25, 0.3) is 5.56 Å². The van der Waals surface area contributed by atoms with Crippen LogP contribution >= 0.6 is 23.1 Å². The topological polar surface area (TPSA) is 74.8 Å². The summed E-state index contributed by atoms with van der Waals surface area (Å²) in [4.78, 5) is 32.7. The highest BCUT2D eigenvalue weighted by Gasteiger charge is 2.14. The van der Waals surface area contributed by atoms with Gasteiger partial charge in [-0.1, -0.05) is 44.2 Å². The van der Waals surface area contributed by atoms with E-state index in [0.717, 1.165) is 16.0 Å². The zero-order valence-electron chi connectivity index (χ0n) is 15.6. The van der Waals surface area contributed by atoms with Gasteiger partial charge in [-0.15, -0.1) is 23.1 Å². The lowest BCUT2D eigenvalue weighted by molar-refractivity contribution is -0.119. The first kappa shape index (κ1) is 19.6. The molecule has 2 heterocycles. The third-order valence-electron chi connectivity index (χ3n) is 4.44. The first-order chi connectivity index (χ1) is 13.0. The number of H-pyrrole nitrogens is 1. The van der Waals surface area contributed by atoms with Crippen LogP contribution in [0.2, 0.25) is 0 Å². The first-order valence-corrected chi connectivity index (χ1v) is 10.9. The normalized spacial score (nSPS) is 12.4. The summed E-state index contributed by atoms with van der Waals surface area (Å²) in [5, 5.41) is 5.58. The maximum Gasteiger partial charge on any atom is 0.260 e. The van der Waals surface area contributed by atoms with Crippen LogP contribution in [0.15, 0.2) is 40.5 Å². The van der Waals surface area contributed by atoms with E-state index >= 15 is 0 Å². The van der Waals surface area contributed by atoms with Crippen LogP contribution in [0.1, 0.15) is 26.6 Å². The summed E-state index contributed by atoms with van der Waals surface area (Å²) < 4.78 is 0. The maximum absolute atomic E-state index is 12.6. The molecular formula is C20H23N3O2S2. The minimum atomic E-state index is -0.131. The fourth-order valence-electron chi connectivity index (χ4n) is 2.59. The molecule has 0 saturated heterocycles. The number of carbonyl (C=O) groups excluding carboxylic acids is 1. The second kappa shape index (κ2) is 8.71. The maximum atomic E-state index is 12.6. The Balaban J connectivity index is 1.69. The quantitative estimate of drug-likeness (QED) is 0.626. The molecule has 1 atom stereocenters. The molecule has 2 aromatic heterocycles. The number of benzene rings is 1. The summed E-state index contributed by atoms with van der Waals surface area (Å²) in [6, 6.07) is 9.99. The van der Waals surface area contributed by atoms with Gasteiger partial charge in [-0.3, -0.25) is 9.59 Å². The lowest BCUT2D eigenvalue weighted by Crippen LogP contribution is -2.37. The van der Waals surface area contributed by atoms with E-state index in [1.54, 1.807) is 0 Å². The molecule has 0 radical (unpaired) electrons. The molecule has 0 unspecified atom stereocenters. The molecule has 3 rings (SSSR count). The van der Waals surface area contributed by atoms with Crippen LogP contribution in [-0.2, 0) is 10.5 Å². The van der Waals surface area contributed by atoms with Gasteiger partial charge in [-0.2, -0.15) is 0 Å². The molecule has 27 heavy (non-hydrogen) atoms. The summed E-state index contributed by atoms with van der Waals surface area (Å²) in [6.45, 7) is 6.15. The highest BCUT2D eigenvalue weighted by atomic mass is 32.2. The number of fused-ring (bicyclic) bond motifs is 1. The molecule has 0 aliphatic heterocycles. The van der Waals surface area contributed by atoms with Gasteiger partial charge < -0.3 is 10.3 Å². The van der Waals surface area contributed by atoms with Crippen LogP contribution in [0.3, 0.4) is 0 Å². The van der Waals surface area contributed by atoms with Crippen molar-refractivity contribution >= 4 is 39.2 Å². The van der Waals surface area contributed by atoms with Gasteiger partial charge in [0.2, 0.25) is 5.91 Å². The number of thiophene rings is 1. The Morgan fingerprint density at radius 2 is 2.00 bits per heavy atom. The summed E-state index contributed by atoms with van der Waals surface area (Å²) in [7, 11) is 0. The van der Waals surface area contributed by atoms with Crippen molar-refractivity contribution in [3.05, 3.63) is 51.9 Å². The molecule has 0 spiro atoms. The Kier molecular flexibility index (Phi) is 6.34. The van der Waals surface area contributed by atoms with Gasteiger partial charge in [0.05, 0.1) is 16.9 Å². The minimum Gasteiger partial charge on any atom is -0.353 e. The van der Waals surface area contributed by atoms with Gasteiger partial charge >= 0.3 is 0 Å². The number of aromatic nitrogens is 2. The Morgan fingerprint density at radius 1 is 1.26 bits per heavy atom. The van der Waals surface area contributed by atoms with Gasteiger partial charge in [0.15, 0.2) is 0 Å². The summed E-state index contributed by atoms with van der Waals surface area (Å²) in [5.41, 5.74) is 1.79. The number of amides is 1. The average Bonchev–Trinajstić information content (AvgIpc) is 3.07. The standard InChI is InChI=1S/C20H23N3O2S2/c1-12(2)13(3)21-17(24)11-26-10-16-22-19(25)18-15(9-27-20(18)23-16)14-7-5-4-6-8-14/h4-9,12-13H,10-11H2,1-3H3,(H,21,24)(H,22,23,25)/t13-/m0/s1. The van der Waals surface area contributed by atoms with Gasteiger partial charge in [0.1, 0.15) is 10.7 Å². The molecular weight excluding hydrogens is 378 g/mol. The lowest BCUT2D eigenvalue weighted by atomic mass is 10.1. The Morgan fingerprint density at radius 3 is 2.70 bits per heavy atom. The van der Waals surface area contributed by atoms with Crippen molar-refractivity contribution in [2.75, 3.05) is 5.75 Å². The molecule has 7 heteroatoms. The fraction of sp³-hybridized carbons (Fsp3) is 0.350. The molecule has 1 aromatic carbocycles. The van der Waals surface area contributed by atoms with Crippen LogP contribution in [-0.4, -0.2) is 27.7 Å². The van der Waals surface area contributed by atoms with E-state index in [1.807, 2.05) is 42.6 Å². The molecule has 0 bridgehead atoms. The lowest BCUT2D eigenvalue weighted by Gasteiger charge is -2.17. The molecule has 2 N–H and O–H groups in total. The number of nitrogens with zero attached hydrogens (tertiary/aromatic N) is 1. The van der Waals surface area contributed by atoms with Gasteiger partial charge in [-0.05, 0) is 18.4 Å². The van der Waals surface area contributed by atoms with E-state index in [1.165, 1.54) is 23.1 Å². The van der Waals surface area contributed by atoms with Crippen LogP contribution in [0.25, 0.3) is 21.3 Å². The number of hydrogen-bond acceptors (Lipinski definition) is 5. The highest BCUT2D eigenvalue weighted by Crippen LogP contribution is 2.30. The molecule has 1 amide bonds. The van der Waals surface area contributed by atoms with Crippen molar-refractivity contribution in [1.82, 2.24) is 15.3 Å². The smallest absolute Gasteiger partial charge is 0.260 e. The largest absolute Gasteiger partial charge is 0.353 e.